The van der Waals surface area contributed by atoms with E-state index in [4.69, 9.17) is 28.9 Å². The van der Waals surface area contributed by atoms with Crippen LogP contribution in [0.3, 0.4) is 0 Å². The van der Waals surface area contributed by atoms with Crippen molar-refractivity contribution in [1.29, 1.82) is 0 Å². The SMILES string of the molecule is NC(=[NH+]C(=O)c1cccc(C(F)(F)F)c1)c1cc(Cl)nc(Cl)c1. The van der Waals surface area contributed by atoms with Crippen LogP contribution in [0.4, 0.5) is 13.2 Å². The van der Waals surface area contributed by atoms with Gasteiger partial charge >= 0.3 is 12.1 Å². The number of amides is 1. The molecule has 0 spiro atoms. The Hall–Kier alpha value is -2.12. The molecule has 2 aromatic rings. The van der Waals surface area contributed by atoms with E-state index in [0.717, 1.165) is 18.2 Å². The van der Waals surface area contributed by atoms with Gasteiger partial charge in [0.25, 0.3) is 5.84 Å². The number of nitrogen functional groups attached to an aromatic ring is 1. The van der Waals surface area contributed by atoms with Crippen molar-refractivity contribution < 1.29 is 23.0 Å². The molecule has 0 saturated heterocycles. The van der Waals surface area contributed by atoms with Gasteiger partial charge in [0.05, 0.1) is 16.7 Å². The molecule has 9 heteroatoms. The van der Waals surface area contributed by atoms with Crippen molar-refractivity contribution in [2.24, 2.45) is 5.73 Å². The minimum absolute atomic E-state index is 0.0590. The summed E-state index contributed by atoms with van der Waals surface area (Å²) in [4.78, 5) is 18.0. The van der Waals surface area contributed by atoms with E-state index in [9.17, 15) is 18.0 Å². The Morgan fingerprint density at radius 2 is 1.70 bits per heavy atom. The third kappa shape index (κ3) is 4.43. The Morgan fingerprint density at radius 3 is 2.26 bits per heavy atom. The molecule has 0 unspecified atom stereocenters. The van der Waals surface area contributed by atoms with E-state index in [-0.39, 0.29) is 27.3 Å². The lowest BCUT2D eigenvalue weighted by molar-refractivity contribution is -0.345. The number of halogens is 5. The predicted molar refractivity (Wildman–Crippen MR) is 79.3 cm³/mol. The van der Waals surface area contributed by atoms with Crippen LogP contribution in [0.15, 0.2) is 36.4 Å². The molecule has 0 atom stereocenters. The Labute approximate surface area is 138 Å². The minimum Gasteiger partial charge on any atom is -0.286 e. The van der Waals surface area contributed by atoms with Gasteiger partial charge in [0, 0.05) is 0 Å². The van der Waals surface area contributed by atoms with Crippen LogP contribution in [0.2, 0.25) is 10.3 Å². The standard InChI is InChI=1S/C14H8Cl2F3N3O/c15-10-5-8(6-11(16)21-10)12(20)22-13(23)7-2-1-3-9(4-7)14(17,18)19/h1-6H,(H2,20,22,23)/p+1. The molecule has 0 fully saturated rings. The largest absolute Gasteiger partial charge is 0.416 e. The number of hydrogen-bond donors (Lipinski definition) is 2. The number of nitrogens with two attached hydrogens (primary N) is 1. The summed E-state index contributed by atoms with van der Waals surface area (Å²) >= 11 is 11.4. The molecule has 2 rings (SSSR count). The van der Waals surface area contributed by atoms with Crippen molar-refractivity contribution in [3.63, 3.8) is 0 Å². The molecule has 1 heterocycles. The maximum atomic E-state index is 12.6. The van der Waals surface area contributed by atoms with Gasteiger partial charge in [-0.15, -0.1) is 0 Å². The van der Waals surface area contributed by atoms with Crippen LogP contribution in [-0.2, 0) is 6.18 Å². The number of carbonyl (C=O) groups excluding carboxylic acids is 1. The molecule has 0 saturated carbocycles. The van der Waals surface area contributed by atoms with Crippen LogP contribution in [0.25, 0.3) is 0 Å². The van der Waals surface area contributed by atoms with Gasteiger partial charge < -0.3 is 0 Å². The Balaban J connectivity index is 2.34. The quantitative estimate of drug-likeness (QED) is 0.487. The van der Waals surface area contributed by atoms with Gasteiger partial charge in [0.15, 0.2) is 0 Å². The van der Waals surface area contributed by atoms with E-state index in [1.165, 1.54) is 18.2 Å². The number of hydrogen-bond acceptors (Lipinski definition) is 2. The molecule has 0 aliphatic heterocycles. The Morgan fingerprint density at radius 1 is 1.09 bits per heavy atom. The number of benzene rings is 1. The second-order valence-corrected chi connectivity index (χ2v) is 5.22. The van der Waals surface area contributed by atoms with Crippen molar-refractivity contribution in [3.05, 3.63) is 63.4 Å². The van der Waals surface area contributed by atoms with Crippen LogP contribution in [0, 0.1) is 0 Å². The number of pyridine rings is 1. The summed E-state index contributed by atoms with van der Waals surface area (Å²) < 4.78 is 37.9. The summed E-state index contributed by atoms with van der Waals surface area (Å²) in [7, 11) is 0. The van der Waals surface area contributed by atoms with Crippen LogP contribution in [0.5, 0.6) is 0 Å². The summed E-state index contributed by atoms with van der Waals surface area (Å²) in [6.45, 7) is 0. The zero-order valence-electron chi connectivity index (χ0n) is 11.3. The molecule has 0 aliphatic rings. The van der Waals surface area contributed by atoms with Gasteiger partial charge in [-0.05, 0) is 30.3 Å². The number of aromatic nitrogens is 1. The fraction of sp³-hybridized carbons (Fsp3) is 0.0714. The maximum absolute atomic E-state index is 12.6. The van der Waals surface area contributed by atoms with Crippen molar-refractivity contribution in [2.45, 2.75) is 6.18 Å². The maximum Gasteiger partial charge on any atom is 0.416 e. The topological polar surface area (TPSA) is 70.0 Å². The highest BCUT2D eigenvalue weighted by molar-refractivity contribution is 6.33. The van der Waals surface area contributed by atoms with Gasteiger partial charge in [-0.1, -0.05) is 29.3 Å². The molecule has 0 radical (unpaired) electrons. The lowest BCUT2D eigenvalue weighted by atomic mass is 10.1. The lowest BCUT2D eigenvalue weighted by Crippen LogP contribution is -2.79. The number of carbonyl (C=O) groups is 1. The van der Waals surface area contributed by atoms with E-state index in [1.807, 2.05) is 0 Å². The van der Waals surface area contributed by atoms with E-state index < -0.39 is 17.6 Å². The van der Waals surface area contributed by atoms with E-state index in [1.54, 1.807) is 0 Å². The summed E-state index contributed by atoms with van der Waals surface area (Å²) in [6, 6.07) is 6.68. The van der Waals surface area contributed by atoms with Gasteiger partial charge in [-0.25, -0.2) is 14.8 Å². The van der Waals surface area contributed by atoms with Crippen molar-refractivity contribution in [1.82, 2.24) is 4.98 Å². The van der Waals surface area contributed by atoms with Crippen molar-refractivity contribution in [2.75, 3.05) is 0 Å². The first kappa shape index (κ1) is 17.2. The highest BCUT2D eigenvalue weighted by Crippen LogP contribution is 2.29. The van der Waals surface area contributed by atoms with Gasteiger partial charge in [-0.2, -0.15) is 13.2 Å². The van der Waals surface area contributed by atoms with Crippen LogP contribution < -0.4 is 10.7 Å². The summed E-state index contributed by atoms with van der Waals surface area (Å²) in [5, 5.41) is 0.118. The van der Waals surface area contributed by atoms with E-state index in [0.29, 0.717) is 0 Å². The first-order chi connectivity index (χ1) is 10.7. The van der Waals surface area contributed by atoms with E-state index in [2.05, 4.69) is 9.98 Å². The van der Waals surface area contributed by atoms with Crippen LogP contribution >= 0.6 is 23.2 Å². The summed E-state index contributed by atoms with van der Waals surface area (Å²) in [5.41, 5.74) is 4.88. The van der Waals surface area contributed by atoms with Crippen LogP contribution in [-0.4, -0.2) is 16.7 Å². The molecule has 4 nitrogen and oxygen atoms in total. The van der Waals surface area contributed by atoms with Gasteiger partial charge in [-0.3, -0.25) is 5.73 Å². The fourth-order valence-electron chi connectivity index (χ4n) is 1.72. The molecule has 3 N–H and O–H groups in total. The monoisotopic (exact) mass is 362 g/mol. The second-order valence-electron chi connectivity index (χ2n) is 4.45. The molecular formula is C14H9Cl2F3N3O+. The van der Waals surface area contributed by atoms with Crippen molar-refractivity contribution in [3.8, 4) is 0 Å². The summed E-state index contributed by atoms with van der Waals surface area (Å²) in [6.07, 6.45) is -4.54. The molecule has 0 bridgehead atoms. The number of nitrogens with zero attached hydrogens (tertiary/aromatic N) is 1. The highest BCUT2D eigenvalue weighted by atomic mass is 35.5. The van der Waals surface area contributed by atoms with Gasteiger partial charge in [0.2, 0.25) is 0 Å². The smallest absolute Gasteiger partial charge is 0.286 e. The molecule has 0 aliphatic carbocycles. The Kier molecular flexibility index (Phi) is 4.91. The zero-order valence-corrected chi connectivity index (χ0v) is 12.8. The number of nitrogens with one attached hydrogen (secondary N) is 1. The second kappa shape index (κ2) is 6.55. The number of rotatable bonds is 2. The van der Waals surface area contributed by atoms with Gasteiger partial charge in [0.1, 0.15) is 10.3 Å². The minimum atomic E-state index is -4.54. The normalized spacial score (nSPS) is 12.3. The lowest BCUT2D eigenvalue weighted by Gasteiger charge is -2.06. The third-order valence-corrected chi connectivity index (χ3v) is 3.16. The molecule has 1 aromatic carbocycles. The molecule has 1 aromatic heterocycles. The molecule has 1 amide bonds. The van der Waals surface area contributed by atoms with Crippen molar-refractivity contribution >= 4 is 34.9 Å². The average Bonchev–Trinajstić information content (AvgIpc) is 2.45. The predicted octanol–water partition coefficient (Wildman–Crippen LogP) is 2.03. The first-order valence-corrected chi connectivity index (χ1v) is 6.87. The number of alkyl halides is 3. The highest BCUT2D eigenvalue weighted by Gasteiger charge is 2.31. The van der Waals surface area contributed by atoms with E-state index >= 15 is 0 Å². The third-order valence-electron chi connectivity index (χ3n) is 2.77. The molecule has 120 valence electrons. The zero-order chi connectivity index (χ0) is 17.2. The number of amidine groups is 1. The fourth-order valence-corrected chi connectivity index (χ4v) is 2.18. The first-order valence-electron chi connectivity index (χ1n) is 6.11. The van der Waals surface area contributed by atoms with Crippen LogP contribution in [0.1, 0.15) is 21.5 Å². The molecular weight excluding hydrogens is 354 g/mol. The average molecular weight is 363 g/mol. The molecule has 23 heavy (non-hydrogen) atoms. The summed E-state index contributed by atoms with van der Waals surface area (Å²) in [5.74, 6) is -0.906. The Bertz CT molecular complexity index is 771.